The molecule has 0 saturated heterocycles. The van der Waals surface area contributed by atoms with E-state index in [9.17, 15) is 4.79 Å². The molecule has 18 heavy (non-hydrogen) atoms. The van der Waals surface area contributed by atoms with Gasteiger partial charge < -0.3 is 0 Å². The molecule has 0 spiro atoms. The molecule has 0 aliphatic carbocycles. The van der Waals surface area contributed by atoms with Crippen molar-refractivity contribution in [1.29, 1.82) is 0 Å². The van der Waals surface area contributed by atoms with Gasteiger partial charge in [-0.05, 0) is 19.4 Å². The first kappa shape index (κ1) is 13.0. The maximum Gasteiger partial charge on any atom is 0.243 e. The molecule has 1 amide bonds. The van der Waals surface area contributed by atoms with Crippen molar-refractivity contribution in [3.05, 3.63) is 29.8 Å². The van der Waals surface area contributed by atoms with Crippen LogP contribution in [-0.2, 0) is 4.79 Å². The summed E-state index contributed by atoms with van der Waals surface area (Å²) in [6, 6.07) is 7.90. The Kier molecular flexibility index (Phi) is 3.93. The molecule has 1 aromatic carbocycles. The van der Waals surface area contributed by atoms with Gasteiger partial charge in [-0.3, -0.25) is 10.1 Å². The van der Waals surface area contributed by atoms with Crippen LogP contribution in [0.2, 0.25) is 0 Å². The van der Waals surface area contributed by atoms with Crippen LogP contribution in [0.3, 0.4) is 0 Å². The van der Waals surface area contributed by atoms with E-state index in [1.807, 2.05) is 31.2 Å². The van der Waals surface area contributed by atoms with E-state index < -0.39 is 5.38 Å². The Balaban J connectivity index is 2.21. The van der Waals surface area contributed by atoms with E-state index in [0.717, 1.165) is 16.1 Å². The molecule has 4 nitrogen and oxygen atoms in total. The number of benzene rings is 1. The first-order chi connectivity index (χ1) is 8.58. The Bertz CT molecular complexity index is 568. The normalized spacial score (nSPS) is 12.2. The number of halogens is 1. The van der Waals surface area contributed by atoms with E-state index in [1.165, 1.54) is 11.3 Å². The molecule has 0 fully saturated rings. The number of nitrogens with zero attached hydrogens (tertiary/aromatic N) is 2. The van der Waals surface area contributed by atoms with E-state index >= 15 is 0 Å². The van der Waals surface area contributed by atoms with Crippen molar-refractivity contribution < 1.29 is 4.79 Å². The van der Waals surface area contributed by atoms with E-state index in [2.05, 4.69) is 15.5 Å². The highest BCUT2D eigenvalue weighted by molar-refractivity contribution is 7.18. The SMILES string of the molecule is Cc1ccccc1-c1nnc(NC(=O)C(C)Cl)s1. The lowest BCUT2D eigenvalue weighted by molar-refractivity contribution is -0.115. The van der Waals surface area contributed by atoms with Crippen molar-refractivity contribution in [2.24, 2.45) is 0 Å². The van der Waals surface area contributed by atoms with E-state index in [-0.39, 0.29) is 5.91 Å². The van der Waals surface area contributed by atoms with E-state index in [4.69, 9.17) is 11.6 Å². The van der Waals surface area contributed by atoms with E-state index in [1.54, 1.807) is 6.92 Å². The van der Waals surface area contributed by atoms with Gasteiger partial charge in [-0.2, -0.15) is 0 Å². The van der Waals surface area contributed by atoms with Crippen LogP contribution in [-0.4, -0.2) is 21.5 Å². The monoisotopic (exact) mass is 281 g/mol. The Labute approximate surface area is 114 Å². The second-order valence-electron chi connectivity index (χ2n) is 3.83. The number of carbonyl (C=O) groups excluding carboxylic acids is 1. The third-order valence-electron chi connectivity index (χ3n) is 2.39. The fraction of sp³-hybridized carbons (Fsp3) is 0.250. The van der Waals surface area contributed by atoms with Crippen LogP contribution in [0.25, 0.3) is 10.6 Å². The van der Waals surface area contributed by atoms with Crippen molar-refractivity contribution in [3.63, 3.8) is 0 Å². The fourth-order valence-corrected chi connectivity index (χ4v) is 2.29. The van der Waals surface area contributed by atoms with E-state index in [0.29, 0.717) is 5.13 Å². The molecule has 1 aromatic heterocycles. The number of nitrogens with one attached hydrogen (secondary N) is 1. The maximum absolute atomic E-state index is 11.4. The molecule has 0 aliphatic rings. The van der Waals surface area contributed by atoms with Gasteiger partial charge >= 0.3 is 0 Å². The predicted molar refractivity (Wildman–Crippen MR) is 74.0 cm³/mol. The molecule has 0 radical (unpaired) electrons. The molecule has 0 saturated carbocycles. The minimum Gasteiger partial charge on any atom is -0.299 e. The van der Waals surface area contributed by atoms with Crippen LogP contribution in [0.15, 0.2) is 24.3 Å². The highest BCUT2D eigenvalue weighted by Crippen LogP contribution is 2.28. The lowest BCUT2D eigenvalue weighted by Crippen LogP contribution is -2.20. The van der Waals surface area contributed by atoms with Crippen molar-refractivity contribution >= 4 is 34.0 Å². The molecule has 1 N–H and O–H groups in total. The number of aryl methyl sites for hydroxylation is 1. The number of hydrogen-bond donors (Lipinski definition) is 1. The van der Waals surface area contributed by atoms with Gasteiger partial charge in [0.25, 0.3) is 0 Å². The minimum atomic E-state index is -0.587. The van der Waals surface area contributed by atoms with Crippen LogP contribution < -0.4 is 5.32 Å². The summed E-state index contributed by atoms with van der Waals surface area (Å²) >= 11 is 7.00. The average Bonchev–Trinajstić information content (AvgIpc) is 2.77. The van der Waals surface area contributed by atoms with Crippen LogP contribution in [0.5, 0.6) is 0 Å². The fourth-order valence-electron chi connectivity index (χ4n) is 1.40. The smallest absolute Gasteiger partial charge is 0.243 e. The Morgan fingerprint density at radius 2 is 2.11 bits per heavy atom. The quantitative estimate of drug-likeness (QED) is 0.880. The summed E-state index contributed by atoms with van der Waals surface area (Å²) in [5, 5.41) is 11.3. The van der Waals surface area contributed by atoms with Gasteiger partial charge in [0.1, 0.15) is 10.4 Å². The zero-order chi connectivity index (χ0) is 13.1. The van der Waals surface area contributed by atoms with Crippen LogP contribution >= 0.6 is 22.9 Å². The lowest BCUT2D eigenvalue weighted by atomic mass is 10.1. The molecule has 0 aliphatic heterocycles. The van der Waals surface area contributed by atoms with Gasteiger partial charge in [-0.1, -0.05) is 35.6 Å². The lowest BCUT2D eigenvalue weighted by Gasteiger charge is -2.01. The van der Waals surface area contributed by atoms with Crippen molar-refractivity contribution in [2.75, 3.05) is 5.32 Å². The first-order valence-electron chi connectivity index (χ1n) is 5.42. The largest absolute Gasteiger partial charge is 0.299 e. The number of hydrogen-bond acceptors (Lipinski definition) is 4. The molecule has 2 rings (SSSR count). The molecular weight excluding hydrogens is 270 g/mol. The highest BCUT2D eigenvalue weighted by Gasteiger charge is 2.13. The minimum absolute atomic E-state index is 0.274. The summed E-state index contributed by atoms with van der Waals surface area (Å²) in [7, 11) is 0. The predicted octanol–water partition coefficient (Wildman–Crippen LogP) is 3.08. The number of rotatable bonds is 3. The van der Waals surface area contributed by atoms with Gasteiger partial charge in [0.05, 0.1) is 0 Å². The molecule has 6 heteroatoms. The molecule has 2 aromatic rings. The Hall–Kier alpha value is -1.46. The van der Waals surface area contributed by atoms with Gasteiger partial charge in [0, 0.05) is 5.56 Å². The molecule has 0 bridgehead atoms. The highest BCUT2D eigenvalue weighted by atomic mass is 35.5. The second kappa shape index (κ2) is 5.46. The number of carbonyl (C=O) groups is 1. The third kappa shape index (κ3) is 2.86. The first-order valence-corrected chi connectivity index (χ1v) is 6.67. The standard InChI is InChI=1S/C12H12ClN3OS/c1-7-5-3-4-6-9(7)11-15-16-12(18-11)14-10(17)8(2)13/h3-6,8H,1-2H3,(H,14,16,17). The summed E-state index contributed by atoms with van der Waals surface area (Å²) in [5.74, 6) is -0.274. The van der Waals surface area contributed by atoms with Crippen molar-refractivity contribution in [2.45, 2.75) is 19.2 Å². The van der Waals surface area contributed by atoms with Gasteiger partial charge in [0.2, 0.25) is 11.0 Å². The van der Waals surface area contributed by atoms with Gasteiger partial charge in [-0.15, -0.1) is 21.8 Å². The number of anilines is 1. The molecule has 1 unspecified atom stereocenters. The van der Waals surface area contributed by atoms with Gasteiger partial charge in [0.15, 0.2) is 0 Å². The summed E-state index contributed by atoms with van der Waals surface area (Å²) < 4.78 is 0. The topological polar surface area (TPSA) is 54.9 Å². The van der Waals surface area contributed by atoms with Crippen LogP contribution in [0.1, 0.15) is 12.5 Å². The maximum atomic E-state index is 11.4. The van der Waals surface area contributed by atoms with Gasteiger partial charge in [-0.25, -0.2) is 0 Å². The Morgan fingerprint density at radius 3 is 2.78 bits per heavy atom. The summed E-state index contributed by atoms with van der Waals surface area (Å²) in [6.07, 6.45) is 0. The summed E-state index contributed by atoms with van der Waals surface area (Å²) in [6.45, 7) is 3.62. The summed E-state index contributed by atoms with van der Waals surface area (Å²) in [5.41, 5.74) is 2.15. The number of amides is 1. The molecule has 1 heterocycles. The molecule has 1 atom stereocenters. The average molecular weight is 282 g/mol. The van der Waals surface area contributed by atoms with Crippen molar-refractivity contribution in [3.8, 4) is 10.6 Å². The van der Waals surface area contributed by atoms with Crippen LogP contribution in [0, 0.1) is 6.92 Å². The number of alkyl halides is 1. The zero-order valence-corrected chi connectivity index (χ0v) is 11.5. The third-order valence-corrected chi connectivity index (χ3v) is 3.46. The second-order valence-corrected chi connectivity index (χ2v) is 5.46. The molecule has 94 valence electrons. The summed E-state index contributed by atoms with van der Waals surface area (Å²) in [4.78, 5) is 11.4. The Morgan fingerprint density at radius 1 is 1.39 bits per heavy atom. The zero-order valence-electron chi connectivity index (χ0n) is 9.98. The molecular formula is C12H12ClN3OS. The van der Waals surface area contributed by atoms with Crippen LogP contribution in [0.4, 0.5) is 5.13 Å². The number of aromatic nitrogens is 2. The van der Waals surface area contributed by atoms with Crippen molar-refractivity contribution in [1.82, 2.24) is 10.2 Å².